The van der Waals surface area contributed by atoms with E-state index in [1.54, 1.807) is 0 Å². The number of carbonyl (C=O) groups is 2. The Morgan fingerprint density at radius 1 is 0.967 bits per heavy atom. The molecular formula is C25H30N2O3. The summed E-state index contributed by atoms with van der Waals surface area (Å²) in [5, 5.41) is 0. The molecule has 2 aliphatic heterocycles. The molecule has 0 atom stereocenters. The molecule has 0 radical (unpaired) electrons. The first-order valence-electron chi connectivity index (χ1n) is 11.0. The van der Waals surface area contributed by atoms with E-state index in [9.17, 15) is 9.59 Å². The van der Waals surface area contributed by atoms with Crippen molar-refractivity contribution in [3.63, 3.8) is 0 Å². The predicted molar refractivity (Wildman–Crippen MR) is 117 cm³/mol. The molecule has 5 heteroatoms. The van der Waals surface area contributed by atoms with E-state index in [2.05, 4.69) is 31.2 Å². The molecule has 2 aromatic rings. The van der Waals surface area contributed by atoms with Crippen LogP contribution in [-0.4, -0.2) is 47.9 Å². The molecule has 2 aromatic carbocycles. The number of hydrogen-bond donors (Lipinski definition) is 0. The lowest BCUT2D eigenvalue weighted by Crippen LogP contribution is -2.38. The summed E-state index contributed by atoms with van der Waals surface area (Å²) in [5.74, 6) is 0.734. The van der Waals surface area contributed by atoms with Crippen LogP contribution >= 0.6 is 0 Å². The van der Waals surface area contributed by atoms with Crippen LogP contribution in [0.1, 0.15) is 52.7 Å². The summed E-state index contributed by atoms with van der Waals surface area (Å²) in [6.07, 6.45) is 5.26. The molecule has 0 bridgehead atoms. The molecule has 2 aliphatic rings. The van der Waals surface area contributed by atoms with Crippen LogP contribution in [0, 0.1) is 6.92 Å². The van der Waals surface area contributed by atoms with Crippen molar-refractivity contribution in [1.82, 2.24) is 9.80 Å². The number of rotatable bonds is 5. The van der Waals surface area contributed by atoms with Crippen molar-refractivity contribution < 1.29 is 14.3 Å². The Labute approximate surface area is 178 Å². The van der Waals surface area contributed by atoms with Crippen molar-refractivity contribution in [2.45, 2.75) is 45.6 Å². The number of carbonyl (C=O) groups excluding carboxylic acids is 2. The Morgan fingerprint density at radius 2 is 1.70 bits per heavy atom. The third kappa shape index (κ3) is 4.66. The highest BCUT2D eigenvalue weighted by molar-refractivity contribution is 5.97. The second-order valence-corrected chi connectivity index (χ2v) is 8.33. The van der Waals surface area contributed by atoms with Gasteiger partial charge in [0.2, 0.25) is 0 Å². The van der Waals surface area contributed by atoms with Gasteiger partial charge in [-0.1, -0.05) is 48.7 Å². The molecule has 1 saturated heterocycles. The molecule has 4 rings (SSSR count). The molecular weight excluding hydrogens is 376 g/mol. The summed E-state index contributed by atoms with van der Waals surface area (Å²) in [6, 6.07) is 13.9. The fourth-order valence-corrected chi connectivity index (χ4v) is 4.29. The zero-order chi connectivity index (χ0) is 20.9. The zero-order valence-electron chi connectivity index (χ0n) is 17.7. The Hall–Kier alpha value is -2.82. The molecule has 0 N–H and O–H groups in total. The largest absolute Gasteiger partial charge is 0.483 e. The third-order valence-corrected chi connectivity index (χ3v) is 6.09. The predicted octanol–water partition coefficient (Wildman–Crippen LogP) is 3.97. The van der Waals surface area contributed by atoms with E-state index < -0.39 is 0 Å². The molecule has 30 heavy (non-hydrogen) atoms. The standard InChI is InChI=1S/C25H30N2O3/c1-19-9-11-20(12-10-19)17-27-16-13-21-22(25(27)29)7-6-8-23(21)30-18-24(28)26-14-4-2-3-5-15-26/h6-12H,2-5,13-18H2,1H3. The molecule has 0 saturated carbocycles. The Kier molecular flexibility index (Phi) is 6.36. The topological polar surface area (TPSA) is 49.9 Å². The van der Waals surface area contributed by atoms with Crippen molar-refractivity contribution in [3.8, 4) is 5.75 Å². The quantitative estimate of drug-likeness (QED) is 0.755. The molecule has 0 unspecified atom stereocenters. The van der Waals surface area contributed by atoms with Gasteiger partial charge in [0.25, 0.3) is 11.8 Å². The third-order valence-electron chi connectivity index (χ3n) is 6.09. The van der Waals surface area contributed by atoms with Gasteiger partial charge in [-0.25, -0.2) is 0 Å². The van der Waals surface area contributed by atoms with Gasteiger partial charge in [0, 0.05) is 37.3 Å². The fourth-order valence-electron chi connectivity index (χ4n) is 4.29. The number of likely N-dealkylation sites (tertiary alicyclic amines) is 1. The van der Waals surface area contributed by atoms with Gasteiger partial charge in [0.15, 0.2) is 6.61 Å². The Balaban J connectivity index is 1.42. The zero-order valence-corrected chi connectivity index (χ0v) is 17.7. The molecule has 2 amide bonds. The number of fused-ring (bicyclic) bond motifs is 1. The molecule has 0 aliphatic carbocycles. The number of nitrogens with zero attached hydrogens (tertiary/aromatic N) is 2. The minimum atomic E-state index is 0.0288. The second kappa shape index (κ2) is 9.33. The molecule has 0 aromatic heterocycles. The molecule has 5 nitrogen and oxygen atoms in total. The van der Waals surface area contributed by atoms with Crippen LogP contribution in [0.2, 0.25) is 0 Å². The van der Waals surface area contributed by atoms with Crippen molar-refractivity contribution in [1.29, 1.82) is 0 Å². The normalized spacial score (nSPS) is 16.8. The summed E-state index contributed by atoms with van der Waals surface area (Å²) in [7, 11) is 0. The maximum Gasteiger partial charge on any atom is 0.260 e. The molecule has 158 valence electrons. The van der Waals surface area contributed by atoms with Crippen LogP contribution in [0.4, 0.5) is 0 Å². The number of aryl methyl sites for hydroxylation is 1. The van der Waals surface area contributed by atoms with Gasteiger partial charge < -0.3 is 14.5 Å². The van der Waals surface area contributed by atoms with Gasteiger partial charge in [-0.15, -0.1) is 0 Å². The highest BCUT2D eigenvalue weighted by Gasteiger charge is 2.27. The summed E-state index contributed by atoms with van der Waals surface area (Å²) in [6.45, 7) is 5.00. The van der Waals surface area contributed by atoms with Gasteiger partial charge in [0.1, 0.15) is 5.75 Å². The first-order valence-corrected chi connectivity index (χ1v) is 11.0. The lowest BCUT2D eigenvalue weighted by molar-refractivity contribution is -0.133. The molecule has 0 spiro atoms. The number of ether oxygens (including phenoxy) is 1. The minimum Gasteiger partial charge on any atom is -0.483 e. The van der Waals surface area contributed by atoms with E-state index >= 15 is 0 Å². The number of benzene rings is 2. The summed E-state index contributed by atoms with van der Waals surface area (Å²) >= 11 is 0. The van der Waals surface area contributed by atoms with E-state index in [1.165, 1.54) is 18.4 Å². The summed E-state index contributed by atoms with van der Waals surface area (Å²) in [4.78, 5) is 29.4. The van der Waals surface area contributed by atoms with Gasteiger partial charge in [-0.3, -0.25) is 9.59 Å². The average molecular weight is 407 g/mol. The van der Waals surface area contributed by atoms with Crippen LogP contribution in [0.5, 0.6) is 5.75 Å². The minimum absolute atomic E-state index is 0.0288. The number of amides is 2. The maximum atomic E-state index is 13.1. The highest BCUT2D eigenvalue weighted by Crippen LogP contribution is 2.29. The van der Waals surface area contributed by atoms with Gasteiger partial charge in [-0.2, -0.15) is 0 Å². The van der Waals surface area contributed by atoms with Crippen LogP contribution in [0.25, 0.3) is 0 Å². The Morgan fingerprint density at radius 3 is 2.43 bits per heavy atom. The van der Waals surface area contributed by atoms with E-state index in [1.807, 2.05) is 28.0 Å². The average Bonchev–Trinajstić information content (AvgIpc) is 3.05. The Bertz CT molecular complexity index is 899. The van der Waals surface area contributed by atoms with E-state index in [4.69, 9.17) is 4.74 Å². The monoisotopic (exact) mass is 406 g/mol. The first-order chi connectivity index (χ1) is 14.6. The second-order valence-electron chi connectivity index (χ2n) is 8.33. The fraction of sp³-hybridized carbons (Fsp3) is 0.440. The van der Waals surface area contributed by atoms with Crippen LogP contribution in [-0.2, 0) is 17.8 Å². The number of hydrogen-bond acceptors (Lipinski definition) is 3. The van der Waals surface area contributed by atoms with Crippen molar-refractivity contribution in [2.75, 3.05) is 26.2 Å². The van der Waals surface area contributed by atoms with E-state index in [0.717, 1.165) is 43.5 Å². The highest BCUT2D eigenvalue weighted by atomic mass is 16.5. The van der Waals surface area contributed by atoms with E-state index in [0.29, 0.717) is 24.4 Å². The molecule has 1 fully saturated rings. The molecule has 2 heterocycles. The van der Waals surface area contributed by atoms with Gasteiger partial charge in [0.05, 0.1) is 0 Å². The maximum absolute atomic E-state index is 13.1. The lowest BCUT2D eigenvalue weighted by atomic mass is 9.97. The lowest BCUT2D eigenvalue weighted by Gasteiger charge is -2.30. The van der Waals surface area contributed by atoms with Crippen molar-refractivity contribution >= 4 is 11.8 Å². The smallest absolute Gasteiger partial charge is 0.260 e. The van der Waals surface area contributed by atoms with Gasteiger partial charge >= 0.3 is 0 Å². The van der Waals surface area contributed by atoms with Crippen LogP contribution in [0.3, 0.4) is 0 Å². The van der Waals surface area contributed by atoms with Crippen LogP contribution in [0.15, 0.2) is 42.5 Å². The summed E-state index contributed by atoms with van der Waals surface area (Å²) < 4.78 is 5.91. The summed E-state index contributed by atoms with van der Waals surface area (Å²) in [5.41, 5.74) is 3.96. The first kappa shape index (κ1) is 20.5. The SMILES string of the molecule is Cc1ccc(CN2CCc3c(OCC(=O)N4CCCCCC4)cccc3C2=O)cc1. The van der Waals surface area contributed by atoms with Crippen LogP contribution < -0.4 is 4.74 Å². The van der Waals surface area contributed by atoms with E-state index in [-0.39, 0.29) is 18.4 Å². The van der Waals surface area contributed by atoms with Gasteiger partial charge in [-0.05, 0) is 43.9 Å². The van der Waals surface area contributed by atoms with Crippen molar-refractivity contribution in [3.05, 3.63) is 64.7 Å². The van der Waals surface area contributed by atoms with Crippen molar-refractivity contribution in [2.24, 2.45) is 0 Å².